The van der Waals surface area contributed by atoms with Crippen molar-refractivity contribution in [2.75, 3.05) is 13.7 Å². The van der Waals surface area contributed by atoms with Crippen molar-refractivity contribution < 1.29 is 9.47 Å². The van der Waals surface area contributed by atoms with E-state index in [-0.39, 0.29) is 5.41 Å². The highest BCUT2D eigenvalue weighted by Gasteiger charge is 2.16. The van der Waals surface area contributed by atoms with Gasteiger partial charge in [-0.05, 0) is 60.3 Å². The summed E-state index contributed by atoms with van der Waals surface area (Å²) in [6.07, 6.45) is 1.61. The maximum Gasteiger partial charge on any atom is 0.175 e. The van der Waals surface area contributed by atoms with Crippen molar-refractivity contribution in [3.05, 3.63) is 22.2 Å². The van der Waals surface area contributed by atoms with Crippen LogP contribution in [0.15, 0.2) is 16.6 Å². The Morgan fingerprint density at radius 2 is 2.10 bits per heavy atom. The fourth-order valence-corrected chi connectivity index (χ4v) is 2.38. The average Bonchev–Trinajstić information content (AvgIpc) is 2.44. The van der Waals surface area contributed by atoms with E-state index in [1.54, 1.807) is 7.11 Å². The summed E-state index contributed by atoms with van der Waals surface area (Å²) >= 11 is 3.47. The van der Waals surface area contributed by atoms with Crippen LogP contribution in [0.5, 0.6) is 11.5 Å². The molecule has 0 saturated carbocycles. The number of halogens is 1. The van der Waals surface area contributed by atoms with Crippen molar-refractivity contribution in [2.45, 2.75) is 33.2 Å². The maximum absolute atomic E-state index is 8.96. The molecule has 4 nitrogen and oxygen atoms in total. The highest BCUT2D eigenvalue weighted by molar-refractivity contribution is 9.10. The number of nitrogens with two attached hydrogens (primary N) is 1. The minimum atomic E-state index is -0.311. The van der Waals surface area contributed by atoms with E-state index >= 15 is 0 Å². The molecule has 2 N–H and O–H groups in total. The Balaban J connectivity index is 2.67. The minimum Gasteiger partial charge on any atom is -0.493 e. The van der Waals surface area contributed by atoms with Crippen LogP contribution in [0.2, 0.25) is 0 Å². The highest BCUT2D eigenvalue weighted by Crippen LogP contribution is 2.36. The second-order valence-corrected chi connectivity index (χ2v) is 6.12. The molecular weight excluding hydrogens is 320 g/mol. The van der Waals surface area contributed by atoms with Gasteiger partial charge in [-0.1, -0.05) is 0 Å². The van der Waals surface area contributed by atoms with Crippen LogP contribution < -0.4 is 15.2 Å². The van der Waals surface area contributed by atoms with Crippen molar-refractivity contribution in [3.63, 3.8) is 0 Å². The third-order valence-electron chi connectivity index (χ3n) is 3.02. The van der Waals surface area contributed by atoms with Crippen LogP contribution in [0.1, 0.15) is 32.3 Å². The third-order valence-corrected chi connectivity index (χ3v) is 3.61. The summed E-state index contributed by atoms with van der Waals surface area (Å²) < 4.78 is 11.9. The molecule has 1 rings (SSSR count). The molecule has 5 heteroatoms. The number of nitriles is 1. The van der Waals surface area contributed by atoms with Gasteiger partial charge in [0.05, 0.1) is 29.7 Å². The van der Waals surface area contributed by atoms with Crippen molar-refractivity contribution >= 4 is 15.9 Å². The predicted molar refractivity (Wildman–Crippen MR) is 82.7 cm³/mol. The molecule has 20 heavy (non-hydrogen) atoms. The van der Waals surface area contributed by atoms with Gasteiger partial charge in [-0.3, -0.25) is 0 Å². The molecule has 0 heterocycles. The van der Waals surface area contributed by atoms with Gasteiger partial charge in [-0.15, -0.1) is 0 Å². The molecule has 0 radical (unpaired) electrons. The van der Waals surface area contributed by atoms with Gasteiger partial charge in [0.15, 0.2) is 11.5 Å². The van der Waals surface area contributed by atoms with Crippen LogP contribution in [-0.2, 0) is 6.54 Å². The Hall–Kier alpha value is -1.25. The van der Waals surface area contributed by atoms with Gasteiger partial charge >= 0.3 is 0 Å². The number of rotatable bonds is 7. The van der Waals surface area contributed by atoms with Crippen molar-refractivity contribution in [1.82, 2.24) is 0 Å². The van der Waals surface area contributed by atoms with Crippen LogP contribution in [0.3, 0.4) is 0 Å². The first-order valence-electron chi connectivity index (χ1n) is 6.54. The number of ether oxygens (including phenoxy) is 2. The number of benzene rings is 1. The first-order chi connectivity index (χ1) is 9.43. The molecule has 0 atom stereocenters. The molecule has 0 bridgehead atoms. The van der Waals surface area contributed by atoms with Gasteiger partial charge in [0.2, 0.25) is 0 Å². The van der Waals surface area contributed by atoms with Gasteiger partial charge < -0.3 is 15.2 Å². The lowest BCUT2D eigenvalue weighted by Gasteiger charge is -2.17. The van der Waals surface area contributed by atoms with E-state index in [9.17, 15) is 0 Å². The summed E-state index contributed by atoms with van der Waals surface area (Å²) in [4.78, 5) is 0. The summed E-state index contributed by atoms with van der Waals surface area (Å²) in [5.41, 5.74) is 6.30. The highest BCUT2D eigenvalue weighted by atomic mass is 79.9. The van der Waals surface area contributed by atoms with Crippen LogP contribution in [0.4, 0.5) is 0 Å². The zero-order valence-electron chi connectivity index (χ0n) is 12.2. The number of hydrogen-bond acceptors (Lipinski definition) is 4. The standard InChI is InChI=1S/C15H21BrN2O2/c1-15(2,10-18)5-4-6-20-14-12(16)7-11(9-17)8-13(14)19-3/h7-8H,4-6,9,17H2,1-3H3. The average molecular weight is 341 g/mol. The molecule has 0 fully saturated rings. The van der Waals surface area contributed by atoms with E-state index < -0.39 is 0 Å². The third kappa shape index (κ3) is 4.69. The molecule has 0 aliphatic heterocycles. The Morgan fingerprint density at radius 3 is 2.65 bits per heavy atom. The molecule has 0 aliphatic rings. The van der Waals surface area contributed by atoms with Crippen LogP contribution >= 0.6 is 15.9 Å². The molecule has 0 aliphatic carbocycles. The Labute approximate surface area is 129 Å². The minimum absolute atomic E-state index is 0.311. The lowest BCUT2D eigenvalue weighted by Crippen LogP contribution is -2.10. The monoisotopic (exact) mass is 340 g/mol. The predicted octanol–water partition coefficient (Wildman–Crippen LogP) is 3.63. The molecule has 0 saturated heterocycles. The Bertz CT molecular complexity index is 495. The summed E-state index contributed by atoms with van der Waals surface area (Å²) in [5, 5.41) is 8.96. The largest absolute Gasteiger partial charge is 0.493 e. The number of hydrogen-bond donors (Lipinski definition) is 1. The van der Waals surface area contributed by atoms with Gasteiger partial charge in [-0.2, -0.15) is 5.26 Å². The van der Waals surface area contributed by atoms with Crippen molar-refractivity contribution in [3.8, 4) is 17.6 Å². The Kier molecular flexibility index (Phi) is 6.31. The first kappa shape index (κ1) is 16.8. The molecule has 0 spiro atoms. The van der Waals surface area contributed by atoms with E-state index in [4.69, 9.17) is 20.5 Å². The summed E-state index contributed by atoms with van der Waals surface area (Å²) in [5.74, 6) is 1.35. The van der Waals surface area contributed by atoms with E-state index in [1.165, 1.54) is 0 Å². The quantitative estimate of drug-likeness (QED) is 0.769. The molecule has 0 aromatic heterocycles. The van der Waals surface area contributed by atoms with Gasteiger partial charge in [0, 0.05) is 6.54 Å². The molecule has 0 amide bonds. The van der Waals surface area contributed by atoms with Crippen molar-refractivity contribution in [1.29, 1.82) is 5.26 Å². The summed E-state index contributed by atoms with van der Waals surface area (Å²) in [6.45, 7) is 4.85. The fraction of sp³-hybridized carbons (Fsp3) is 0.533. The second-order valence-electron chi connectivity index (χ2n) is 5.26. The van der Waals surface area contributed by atoms with Crippen LogP contribution in [0.25, 0.3) is 0 Å². The van der Waals surface area contributed by atoms with Gasteiger partial charge in [0.1, 0.15) is 0 Å². The topological polar surface area (TPSA) is 68.3 Å². The van der Waals surface area contributed by atoms with Gasteiger partial charge in [-0.25, -0.2) is 0 Å². The zero-order chi connectivity index (χ0) is 15.2. The molecule has 110 valence electrons. The SMILES string of the molecule is COc1cc(CN)cc(Br)c1OCCCC(C)(C)C#N. The lowest BCUT2D eigenvalue weighted by atomic mass is 9.90. The fourth-order valence-electron chi connectivity index (χ4n) is 1.78. The van der Waals surface area contributed by atoms with E-state index in [1.807, 2.05) is 26.0 Å². The first-order valence-corrected chi connectivity index (χ1v) is 7.33. The summed E-state index contributed by atoms with van der Waals surface area (Å²) in [6, 6.07) is 6.09. The van der Waals surface area contributed by atoms with Gasteiger partial charge in [0.25, 0.3) is 0 Å². The lowest BCUT2D eigenvalue weighted by molar-refractivity contribution is 0.268. The van der Waals surface area contributed by atoms with Crippen LogP contribution in [0, 0.1) is 16.7 Å². The summed E-state index contributed by atoms with van der Waals surface area (Å²) in [7, 11) is 1.60. The molecule has 1 aromatic carbocycles. The zero-order valence-corrected chi connectivity index (χ0v) is 13.8. The smallest absolute Gasteiger partial charge is 0.175 e. The molecule has 0 unspecified atom stereocenters. The van der Waals surface area contributed by atoms with E-state index in [0.717, 1.165) is 22.9 Å². The van der Waals surface area contributed by atoms with E-state index in [2.05, 4.69) is 22.0 Å². The van der Waals surface area contributed by atoms with E-state index in [0.29, 0.717) is 24.7 Å². The number of nitrogens with zero attached hydrogens (tertiary/aromatic N) is 1. The number of methoxy groups -OCH3 is 1. The molecule has 1 aromatic rings. The van der Waals surface area contributed by atoms with Crippen molar-refractivity contribution in [2.24, 2.45) is 11.1 Å². The Morgan fingerprint density at radius 1 is 1.40 bits per heavy atom. The van der Waals surface area contributed by atoms with Crippen LogP contribution in [-0.4, -0.2) is 13.7 Å². The normalized spacial score (nSPS) is 11.0. The second kappa shape index (κ2) is 7.51. The maximum atomic E-state index is 8.96. The molecular formula is C15H21BrN2O2.